The monoisotopic (exact) mass is 221 g/mol. The van der Waals surface area contributed by atoms with Gasteiger partial charge in [0.15, 0.2) is 0 Å². The molecule has 1 aromatic heterocycles. The number of hydrogen-bond acceptors (Lipinski definition) is 3. The van der Waals surface area contributed by atoms with Gasteiger partial charge in [-0.1, -0.05) is 0 Å². The molecule has 0 aliphatic carbocycles. The van der Waals surface area contributed by atoms with Gasteiger partial charge in [0.2, 0.25) is 0 Å². The van der Waals surface area contributed by atoms with Gasteiger partial charge < -0.3 is 4.90 Å². The summed E-state index contributed by atoms with van der Waals surface area (Å²) >= 11 is 0. The lowest BCUT2D eigenvalue weighted by atomic mass is 10.2. The van der Waals surface area contributed by atoms with Gasteiger partial charge in [0.05, 0.1) is 13.1 Å². The second kappa shape index (κ2) is 3.32. The molecule has 0 atom stereocenters. The van der Waals surface area contributed by atoms with E-state index in [2.05, 4.69) is 9.97 Å². The highest BCUT2D eigenvalue weighted by molar-refractivity contribution is 5.42. The van der Waals surface area contributed by atoms with Crippen molar-refractivity contribution in [2.75, 3.05) is 18.0 Å². The van der Waals surface area contributed by atoms with E-state index in [1.54, 1.807) is 0 Å². The Hall–Kier alpha value is -1.40. The second-order valence-electron chi connectivity index (χ2n) is 3.26. The molecule has 82 valence electrons. The molecule has 1 fully saturated rings. The van der Waals surface area contributed by atoms with Crippen molar-refractivity contribution in [3.05, 3.63) is 18.1 Å². The summed E-state index contributed by atoms with van der Waals surface area (Å²) in [4.78, 5) is 8.20. The largest absolute Gasteiger partial charge is 0.433 e. The standard InChI is InChI=1S/C8H7F4N3/c9-5-2-15(3-5)7-1-6(8(10,11)12)13-4-14-7/h1,4-5H,2-3H2. The van der Waals surface area contributed by atoms with Gasteiger partial charge in [-0.2, -0.15) is 13.2 Å². The van der Waals surface area contributed by atoms with Crippen molar-refractivity contribution in [2.45, 2.75) is 12.3 Å². The van der Waals surface area contributed by atoms with Gasteiger partial charge in [-0.15, -0.1) is 0 Å². The van der Waals surface area contributed by atoms with E-state index in [1.165, 1.54) is 4.90 Å². The molecule has 0 radical (unpaired) electrons. The highest BCUT2D eigenvalue weighted by Crippen LogP contribution is 2.30. The fraction of sp³-hybridized carbons (Fsp3) is 0.500. The van der Waals surface area contributed by atoms with Gasteiger partial charge in [0.25, 0.3) is 0 Å². The third-order valence-electron chi connectivity index (χ3n) is 2.10. The van der Waals surface area contributed by atoms with Crippen molar-refractivity contribution >= 4 is 5.82 Å². The summed E-state index contributed by atoms with van der Waals surface area (Å²) in [6.45, 7) is 0.183. The zero-order valence-electron chi connectivity index (χ0n) is 7.50. The lowest BCUT2D eigenvalue weighted by molar-refractivity contribution is -0.141. The lowest BCUT2D eigenvalue weighted by Crippen LogP contribution is -2.48. The van der Waals surface area contributed by atoms with E-state index in [9.17, 15) is 17.6 Å². The Morgan fingerprint density at radius 3 is 2.47 bits per heavy atom. The maximum atomic E-state index is 12.5. The molecular weight excluding hydrogens is 214 g/mol. The van der Waals surface area contributed by atoms with Crippen LogP contribution in [0.2, 0.25) is 0 Å². The smallest absolute Gasteiger partial charge is 0.351 e. The summed E-state index contributed by atoms with van der Waals surface area (Å²) in [6.07, 6.45) is -4.63. The van der Waals surface area contributed by atoms with Crippen molar-refractivity contribution in [3.63, 3.8) is 0 Å². The van der Waals surface area contributed by atoms with E-state index in [1.807, 2.05) is 0 Å². The third kappa shape index (κ3) is 2.00. The number of alkyl halides is 4. The van der Waals surface area contributed by atoms with Crippen LogP contribution in [0.5, 0.6) is 0 Å². The van der Waals surface area contributed by atoms with E-state index >= 15 is 0 Å². The van der Waals surface area contributed by atoms with E-state index in [4.69, 9.17) is 0 Å². The Balaban J connectivity index is 2.20. The summed E-state index contributed by atoms with van der Waals surface area (Å²) in [5, 5.41) is 0. The predicted octanol–water partition coefficient (Wildman–Crippen LogP) is 1.65. The van der Waals surface area contributed by atoms with Gasteiger partial charge >= 0.3 is 6.18 Å². The Labute approximate surface area is 82.7 Å². The zero-order chi connectivity index (χ0) is 11.1. The minimum absolute atomic E-state index is 0.0916. The van der Waals surface area contributed by atoms with E-state index in [-0.39, 0.29) is 18.9 Å². The molecule has 1 aliphatic heterocycles. The van der Waals surface area contributed by atoms with Crippen molar-refractivity contribution < 1.29 is 17.6 Å². The maximum absolute atomic E-state index is 12.5. The van der Waals surface area contributed by atoms with Crippen molar-refractivity contribution in [2.24, 2.45) is 0 Å². The first-order valence-corrected chi connectivity index (χ1v) is 4.25. The molecule has 7 heteroatoms. The topological polar surface area (TPSA) is 29.0 Å². The minimum atomic E-state index is -4.49. The molecule has 0 amide bonds. The lowest BCUT2D eigenvalue weighted by Gasteiger charge is -2.35. The Morgan fingerprint density at radius 2 is 1.93 bits per heavy atom. The van der Waals surface area contributed by atoms with Crippen LogP contribution in [-0.4, -0.2) is 29.2 Å². The average molecular weight is 221 g/mol. The third-order valence-corrected chi connectivity index (χ3v) is 2.10. The van der Waals surface area contributed by atoms with Crippen LogP contribution >= 0.6 is 0 Å². The number of aromatic nitrogens is 2. The van der Waals surface area contributed by atoms with Crippen LogP contribution in [0.25, 0.3) is 0 Å². The van der Waals surface area contributed by atoms with E-state index < -0.39 is 18.0 Å². The van der Waals surface area contributed by atoms with Crippen LogP contribution in [0.3, 0.4) is 0 Å². The average Bonchev–Trinajstić information content (AvgIpc) is 2.12. The van der Waals surface area contributed by atoms with Crippen LogP contribution in [0, 0.1) is 0 Å². The summed E-state index contributed by atoms with van der Waals surface area (Å²) in [5.41, 5.74) is -1.00. The number of anilines is 1. The quantitative estimate of drug-likeness (QED) is 0.675. The molecule has 1 saturated heterocycles. The van der Waals surface area contributed by atoms with Gasteiger partial charge in [-0.25, -0.2) is 14.4 Å². The van der Waals surface area contributed by atoms with Gasteiger partial charge in [-0.3, -0.25) is 0 Å². The molecule has 1 aliphatic rings. The van der Waals surface area contributed by atoms with Crippen molar-refractivity contribution in [1.29, 1.82) is 0 Å². The molecule has 0 unspecified atom stereocenters. The Bertz CT molecular complexity index is 359. The number of hydrogen-bond donors (Lipinski definition) is 0. The van der Waals surface area contributed by atoms with Crippen LogP contribution in [0.15, 0.2) is 12.4 Å². The normalized spacial score (nSPS) is 17.7. The Kier molecular flexibility index (Phi) is 2.24. The molecule has 0 saturated carbocycles. The van der Waals surface area contributed by atoms with Crippen LogP contribution in [0.1, 0.15) is 5.69 Å². The predicted molar refractivity (Wildman–Crippen MR) is 44.1 cm³/mol. The minimum Gasteiger partial charge on any atom is -0.351 e. The van der Waals surface area contributed by atoms with Gasteiger partial charge in [0.1, 0.15) is 24.0 Å². The molecular formula is C8H7F4N3. The highest BCUT2D eigenvalue weighted by Gasteiger charge is 2.34. The molecule has 0 spiro atoms. The second-order valence-corrected chi connectivity index (χ2v) is 3.26. The summed E-state index contributed by atoms with van der Waals surface area (Å²) in [6, 6.07) is 0.825. The first-order valence-electron chi connectivity index (χ1n) is 4.25. The first-order chi connectivity index (χ1) is 6.97. The number of halogens is 4. The van der Waals surface area contributed by atoms with Crippen LogP contribution in [-0.2, 0) is 6.18 Å². The fourth-order valence-electron chi connectivity index (χ4n) is 1.29. The number of nitrogens with zero attached hydrogens (tertiary/aromatic N) is 3. The summed E-state index contributed by atoms with van der Waals surface area (Å²) in [7, 11) is 0. The van der Waals surface area contributed by atoms with Crippen LogP contribution in [0.4, 0.5) is 23.4 Å². The van der Waals surface area contributed by atoms with Crippen LogP contribution < -0.4 is 4.90 Å². The molecule has 1 aromatic rings. The SMILES string of the molecule is FC1CN(c2cc(C(F)(F)F)ncn2)C1. The molecule has 15 heavy (non-hydrogen) atoms. The molecule has 0 bridgehead atoms. The zero-order valence-corrected chi connectivity index (χ0v) is 7.50. The van der Waals surface area contributed by atoms with E-state index in [0.29, 0.717) is 0 Å². The number of rotatable bonds is 1. The summed E-state index contributed by atoms with van der Waals surface area (Å²) < 4.78 is 49.2. The molecule has 0 aromatic carbocycles. The fourth-order valence-corrected chi connectivity index (χ4v) is 1.29. The maximum Gasteiger partial charge on any atom is 0.433 e. The molecule has 3 nitrogen and oxygen atoms in total. The molecule has 2 rings (SSSR count). The Morgan fingerprint density at radius 1 is 1.27 bits per heavy atom. The van der Waals surface area contributed by atoms with Crippen molar-refractivity contribution in [1.82, 2.24) is 9.97 Å². The van der Waals surface area contributed by atoms with Gasteiger partial charge in [-0.05, 0) is 0 Å². The van der Waals surface area contributed by atoms with E-state index in [0.717, 1.165) is 12.4 Å². The molecule has 2 heterocycles. The molecule has 0 N–H and O–H groups in total. The van der Waals surface area contributed by atoms with Gasteiger partial charge in [0, 0.05) is 6.07 Å². The van der Waals surface area contributed by atoms with Crippen molar-refractivity contribution in [3.8, 4) is 0 Å². The highest BCUT2D eigenvalue weighted by atomic mass is 19.4. The first kappa shape index (κ1) is 10.1. The summed E-state index contributed by atoms with van der Waals surface area (Å²) in [5.74, 6) is 0.117.